The standard InChI is InChI=1S/C23H32N2O6/c1-14(2)29-20-23(21(26)30-15(3)4,13-18-9-11-19(28-8)12-10-18)17(7)25(24-20)22(27)31-16(5)6/h9-12,14-16H,7,13H2,1-6,8H3. The van der Waals surface area contributed by atoms with Gasteiger partial charge in [0.1, 0.15) is 5.75 Å². The van der Waals surface area contributed by atoms with Crippen molar-refractivity contribution in [2.75, 3.05) is 7.11 Å². The van der Waals surface area contributed by atoms with Gasteiger partial charge in [0, 0.05) is 6.42 Å². The van der Waals surface area contributed by atoms with E-state index in [9.17, 15) is 9.59 Å². The van der Waals surface area contributed by atoms with E-state index < -0.39 is 17.5 Å². The topological polar surface area (TPSA) is 86.7 Å². The minimum Gasteiger partial charge on any atom is -0.497 e. The van der Waals surface area contributed by atoms with Gasteiger partial charge in [-0.3, -0.25) is 4.79 Å². The lowest BCUT2D eigenvalue weighted by atomic mass is 9.78. The number of carbonyl (C=O) groups excluding carboxylic acids is 2. The van der Waals surface area contributed by atoms with Gasteiger partial charge in [-0.05, 0) is 59.2 Å². The van der Waals surface area contributed by atoms with Crippen LogP contribution < -0.4 is 4.74 Å². The molecule has 0 fully saturated rings. The van der Waals surface area contributed by atoms with Crippen LogP contribution in [0.5, 0.6) is 5.75 Å². The van der Waals surface area contributed by atoms with E-state index in [2.05, 4.69) is 11.7 Å². The van der Waals surface area contributed by atoms with Crippen molar-refractivity contribution in [1.29, 1.82) is 0 Å². The summed E-state index contributed by atoms with van der Waals surface area (Å²) in [5.41, 5.74) is -0.601. The highest BCUT2D eigenvalue weighted by Gasteiger charge is 2.58. The first-order valence-corrected chi connectivity index (χ1v) is 10.3. The van der Waals surface area contributed by atoms with Gasteiger partial charge < -0.3 is 18.9 Å². The van der Waals surface area contributed by atoms with Crippen molar-refractivity contribution >= 4 is 18.0 Å². The normalized spacial score (nSPS) is 18.5. The van der Waals surface area contributed by atoms with Crippen molar-refractivity contribution in [1.82, 2.24) is 5.01 Å². The maximum Gasteiger partial charge on any atom is 0.435 e. The Morgan fingerprint density at radius 3 is 2.06 bits per heavy atom. The van der Waals surface area contributed by atoms with Crippen molar-refractivity contribution in [3.63, 3.8) is 0 Å². The third-order valence-corrected chi connectivity index (χ3v) is 4.48. The van der Waals surface area contributed by atoms with Gasteiger partial charge in [-0.1, -0.05) is 18.7 Å². The molecule has 170 valence electrons. The quantitative estimate of drug-likeness (QED) is 0.598. The number of hydrogen-bond acceptors (Lipinski definition) is 7. The third kappa shape index (κ3) is 5.37. The number of ether oxygens (including phenoxy) is 4. The van der Waals surface area contributed by atoms with Crippen molar-refractivity contribution in [3.8, 4) is 5.75 Å². The Bertz CT molecular complexity index is 844. The van der Waals surface area contributed by atoms with Crippen LogP contribution in [0.1, 0.15) is 47.1 Å². The van der Waals surface area contributed by atoms with Crippen LogP contribution in [0.2, 0.25) is 0 Å². The van der Waals surface area contributed by atoms with Crippen LogP contribution in [0, 0.1) is 5.41 Å². The average Bonchev–Trinajstić information content (AvgIpc) is 2.94. The van der Waals surface area contributed by atoms with Gasteiger partial charge in [0.2, 0.25) is 5.90 Å². The van der Waals surface area contributed by atoms with Crippen LogP contribution in [-0.4, -0.2) is 48.4 Å². The zero-order valence-corrected chi connectivity index (χ0v) is 19.3. The molecule has 8 heteroatoms. The Morgan fingerprint density at radius 2 is 1.58 bits per heavy atom. The molecule has 2 rings (SSSR count). The van der Waals surface area contributed by atoms with Gasteiger partial charge >= 0.3 is 12.1 Å². The molecule has 0 saturated carbocycles. The lowest BCUT2D eigenvalue weighted by molar-refractivity contribution is -0.154. The lowest BCUT2D eigenvalue weighted by Gasteiger charge is -2.31. The van der Waals surface area contributed by atoms with E-state index in [0.29, 0.717) is 5.75 Å². The molecule has 0 bridgehead atoms. The van der Waals surface area contributed by atoms with E-state index in [1.54, 1.807) is 46.9 Å². The van der Waals surface area contributed by atoms with Gasteiger partial charge in [-0.15, -0.1) is 5.10 Å². The second-order valence-electron chi connectivity index (χ2n) is 8.15. The van der Waals surface area contributed by atoms with Crippen LogP contribution >= 0.6 is 0 Å². The highest BCUT2D eigenvalue weighted by molar-refractivity contribution is 6.09. The van der Waals surface area contributed by atoms with E-state index in [-0.39, 0.29) is 36.3 Å². The number of esters is 1. The smallest absolute Gasteiger partial charge is 0.435 e. The molecule has 31 heavy (non-hydrogen) atoms. The molecule has 1 unspecified atom stereocenters. The SMILES string of the molecule is C=C1N(C(=O)OC(C)C)N=C(OC(C)C)C1(Cc1ccc(OC)cc1)C(=O)OC(C)C. The van der Waals surface area contributed by atoms with E-state index >= 15 is 0 Å². The molecule has 0 spiro atoms. The highest BCUT2D eigenvalue weighted by atomic mass is 16.6. The Balaban J connectivity index is 2.57. The summed E-state index contributed by atoms with van der Waals surface area (Å²) in [7, 11) is 1.58. The van der Waals surface area contributed by atoms with Gasteiger partial charge in [-0.25, -0.2) is 4.79 Å². The van der Waals surface area contributed by atoms with Gasteiger partial charge in [0.15, 0.2) is 5.41 Å². The maximum absolute atomic E-state index is 13.5. The van der Waals surface area contributed by atoms with Crippen LogP contribution in [0.25, 0.3) is 0 Å². The van der Waals surface area contributed by atoms with E-state index in [0.717, 1.165) is 10.6 Å². The predicted molar refractivity (Wildman–Crippen MR) is 117 cm³/mol. The first kappa shape index (κ1) is 24.2. The minimum absolute atomic E-state index is 0.0506. The summed E-state index contributed by atoms with van der Waals surface area (Å²) in [5, 5.41) is 5.29. The molecular weight excluding hydrogens is 400 g/mol. The molecule has 1 aromatic rings. The Labute approximate surface area is 183 Å². The fraction of sp³-hybridized carbons (Fsp3) is 0.522. The highest BCUT2D eigenvalue weighted by Crippen LogP contribution is 2.43. The first-order chi connectivity index (χ1) is 14.5. The lowest BCUT2D eigenvalue weighted by Crippen LogP contribution is -2.46. The molecule has 0 aromatic heterocycles. The number of hydrogen-bond donors (Lipinski definition) is 0. The second kappa shape index (κ2) is 9.85. The zero-order valence-electron chi connectivity index (χ0n) is 19.3. The Hall–Kier alpha value is -3.03. The van der Waals surface area contributed by atoms with Crippen LogP contribution in [0.4, 0.5) is 4.79 Å². The number of nitrogens with zero attached hydrogens (tertiary/aromatic N) is 2. The molecule has 0 aliphatic carbocycles. The number of carbonyl (C=O) groups is 2. The Kier molecular flexibility index (Phi) is 7.70. The summed E-state index contributed by atoms with van der Waals surface area (Å²) in [5.74, 6) is 0.138. The number of amides is 1. The largest absolute Gasteiger partial charge is 0.497 e. The van der Waals surface area contributed by atoms with Gasteiger partial charge in [0.25, 0.3) is 0 Å². The first-order valence-electron chi connectivity index (χ1n) is 10.3. The van der Waals surface area contributed by atoms with Crippen LogP contribution in [0.3, 0.4) is 0 Å². The molecule has 1 heterocycles. The molecule has 8 nitrogen and oxygen atoms in total. The monoisotopic (exact) mass is 432 g/mol. The summed E-state index contributed by atoms with van der Waals surface area (Å²) in [6, 6.07) is 7.25. The number of rotatable bonds is 7. The zero-order chi connectivity index (χ0) is 23.3. The van der Waals surface area contributed by atoms with Crippen LogP contribution in [0.15, 0.2) is 41.6 Å². The van der Waals surface area contributed by atoms with E-state index in [1.807, 2.05) is 26.0 Å². The minimum atomic E-state index is -1.51. The van der Waals surface area contributed by atoms with Crippen molar-refractivity contribution < 1.29 is 28.5 Å². The molecule has 1 atom stereocenters. The summed E-state index contributed by atoms with van der Waals surface area (Å²) >= 11 is 0. The molecule has 0 N–H and O–H groups in total. The fourth-order valence-corrected chi connectivity index (χ4v) is 3.11. The molecule has 0 radical (unpaired) electrons. The fourth-order valence-electron chi connectivity index (χ4n) is 3.11. The number of hydrazone groups is 1. The summed E-state index contributed by atoms with van der Waals surface area (Å²) in [6.45, 7) is 14.6. The average molecular weight is 433 g/mol. The predicted octanol–water partition coefficient (Wildman–Crippen LogP) is 4.29. The van der Waals surface area contributed by atoms with Crippen molar-refractivity contribution in [2.24, 2.45) is 10.5 Å². The molecule has 1 aliphatic rings. The second-order valence-corrected chi connectivity index (χ2v) is 8.15. The van der Waals surface area contributed by atoms with E-state index in [1.165, 1.54) is 0 Å². The maximum atomic E-state index is 13.5. The molecule has 0 saturated heterocycles. The number of benzene rings is 1. The molecule has 1 aromatic carbocycles. The molecular formula is C23H32N2O6. The van der Waals surface area contributed by atoms with Gasteiger partial charge in [-0.2, -0.15) is 5.01 Å². The Morgan fingerprint density at radius 1 is 1.00 bits per heavy atom. The van der Waals surface area contributed by atoms with Crippen molar-refractivity contribution in [3.05, 3.63) is 42.1 Å². The van der Waals surface area contributed by atoms with Crippen molar-refractivity contribution in [2.45, 2.75) is 66.3 Å². The van der Waals surface area contributed by atoms with E-state index in [4.69, 9.17) is 18.9 Å². The number of methoxy groups -OCH3 is 1. The summed E-state index contributed by atoms with van der Waals surface area (Å²) < 4.78 is 22.0. The van der Waals surface area contributed by atoms with Gasteiger partial charge in [0.05, 0.1) is 31.1 Å². The molecule has 1 aliphatic heterocycles. The third-order valence-electron chi connectivity index (χ3n) is 4.48. The summed E-state index contributed by atoms with van der Waals surface area (Å²) in [6.07, 6.45) is -1.65. The van der Waals surface area contributed by atoms with Crippen LogP contribution in [-0.2, 0) is 25.4 Å². The molecule has 1 amide bonds. The summed E-state index contributed by atoms with van der Waals surface area (Å²) in [4.78, 5) is 26.1.